The van der Waals surface area contributed by atoms with E-state index < -0.39 is 23.9 Å². The summed E-state index contributed by atoms with van der Waals surface area (Å²) in [6.07, 6.45) is -3.38. The molecular weight excluding hydrogens is 448 g/mol. The largest absolute Gasteiger partial charge is 0.491 e. The van der Waals surface area contributed by atoms with Crippen molar-refractivity contribution < 1.29 is 31.8 Å². The zero-order valence-corrected chi connectivity index (χ0v) is 18.0. The first kappa shape index (κ1) is 23.1. The third-order valence-corrected chi connectivity index (χ3v) is 5.49. The zero-order valence-electron chi connectivity index (χ0n) is 18.0. The van der Waals surface area contributed by atoms with E-state index in [1.165, 1.54) is 25.3 Å². The Hall–Kier alpha value is -3.06. The highest BCUT2D eigenvalue weighted by Crippen LogP contribution is 2.38. The van der Waals surface area contributed by atoms with E-state index in [0.29, 0.717) is 31.0 Å². The molecule has 1 saturated heterocycles. The van der Waals surface area contributed by atoms with E-state index in [-0.39, 0.29) is 30.5 Å². The van der Waals surface area contributed by atoms with Crippen molar-refractivity contribution in [2.24, 2.45) is 10.7 Å². The lowest BCUT2D eigenvalue weighted by Gasteiger charge is -2.42. The Morgan fingerprint density at radius 2 is 2.15 bits per heavy atom. The summed E-state index contributed by atoms with van der Waals surface area (Å²) < 4.78 is 68.9. The van der Waals surface area contributed by atoms with Crippen LogP contribution in [0.15, 0.2) is 35.2 Å². The zero-order chi connectivity index (χ0) is 23.8. The number of aromatic nitrogens is 3. The molecule has 180 valence electrons. The fourth-order valence-electron chi connectivity index (χ4n) is 3.87. The van der Waals surface area contributed by atoms with Crippen LogP contribution in [-0.4, -0.2) is 71.3 Å². The fraction of sp³-hybridized carbons (Fsp3) is 0.500. The molecule has 3 unspecified atom stereocenters. The van der Waals surface area contributed by atoms with Crippen LogP contribution in [0.25, 0.3) is 0 Å². The van der Waals surface area contributed by atoms with Crippen LogP contribution in [0.4, 0.5) is 17.6 Å². The first-order chi connectivity index (χ1) is 15.7. The highest BCUT2D eigenvalue weighted by atomic mass is 19.4. The van der Waals surface area contributed by atoms with Gasteiger partial charge in [-0.1, -0.05) is 6.07 Å². The second-order valence-electron chi connectivity index (χ2n) is 7.79. The highest BCUT2D eigenvalue weighted by molar-refractivity contribution is 5.94. The van der Waals surface area contributed by atoms with Crippen molar-refractivity contribution >= 4 is 5.84 Å². The van der Waals surface area contributed by atoms with Crippen molar-refractivity contribution in [3.05, 3.63) is 47.4 Å². The van der Waals surface area contributed by atoms with Gasteiger partial charge in [0.25, 0.3) is 5.82 Å². The van der Waals surface area contributed by atoms with E-state index in [0.717, 1.165) is 4.80 Å². The molecule has 3 N–H and O–H groups in total. The second-order valence-corrected chi connectivity index (χ2v) is 7.79. The van der Waals surface area contributed by atoms with Gasteiger partial charge in [0.2, 0.25) is 0 Å². The first-order valence-corrected chi connectivity index (χ1v) is 10.2. The number of nitrogens with zero attached hydrogens (tertiary/aromatic N) is 4. The average Bonchev–Trinajstić information content (AvgIpc) is 2.71. The number of rotatable bonds is 4. The summed E-state index contributed by atoms with van der Waals surface area (Å²) in [6.45, 7) is 3.90. The predicted molar refractivity (Wildman–Crippen MR) is 109 cm³/mol. The summed E-state index contributed by atoms with van der Waals surface area (Å²) >= 11 is 0. The maximum absolute atomic E-state index is 13.8. The molecule has 3 heterocycles. The minimum Gasteiger partial charge on any atom is -0.491 e. The molecule has 13 heteroatoms. The van der Waals surface area contributed by atoms with Gasteiger partial charge in [0.15, 0.2) is 11.7 Å². The molecule has 1 aromatic carbocycles. The van der Waals surface area contributed by atoms with Crippen LogP contribution in [-0.2, 0) is 15.7 Å². The minimum absolute atomic E-state index is 0.00386. The highest BCUT2D eigenvalue weighted by Gasteiger charge is 2.39. The average molecular weight is 472 g/mol. The van der Waals surface area contributed by atoms with Gasteiger partial charge in [0, 0.05) is 30.8 Å². The van der Waals surface area contributed by atoms with E-state index in [2.05, 4.69) is 15.1 Å². The summed E-state index contributed by atoms with van der Waals surface area (Å²) in [6, 6.07) is 3.22. The molecule has 0 bridgehead atoms. The summed E-state index contributed by atoms with van der Waals surface area (Å²) in [7, 11) is 1.32. The van der Waals surface area contributed by atoms with Gasteiger partial charge in [-0.25, -0.2) is 4.39 Å². The lowest BCUT2D eigenvalue weighted by molar-refractivity contribution is -0.150. The van der Waals surface area contributed by atoms with Crippen LogP contribution in [0.3, 0.4) is 0 Å². The standard InChI is InChI=1S/C20H24F4N6O3/c1-11-9-29(5-6-32-11)14-10-33-15-7-12(21)3-4-13(15)18(14)26-17(8-16(25)31-2)30-27-19(28-30)20(22,23)24/h3-4,7-8,11,14,18H,5-6,9-10,25H2,1-2H3,(H,27,28)/b16-8+,26-17?. The fourth-order valence-corrected chi connectivity index (χ4v) is 3.87. The smallest absolute Gasteiger partial charge is 0.452 e. The number of nitrogens with two attached hydrogens (primary N) is 1. The van der Waals surface area contributed by atoms with E-state index in [1.54, 1.807) is 6.07 Å². The van der Waals surface area contributed by atoms with Crippen LogP contribution < -0.4 is 10.5 Å². The van der Waals surface area contributed by atoms with Gasteiger partial charge in [-0.2, -0.15) is 18.0 Å². The van der Waals surface area contributed by atoms with Crippen LogP contribution in [0.5, 0.6) is 5.75 Å². The number of fused-ring (bicyclic) bond motifs is 1. The second kappa shape index (κ2) is 9.06. The summed E-state index contributed by atoms with van der Waals surface area (Å²) in [5, 5.41) is 5.59. The summed E-state index contributed by atoms with van der Waals surface area (Å²) in [4.78, 5) is 7.71. The number of allylic oxidation sites excluding steroid dienone is 1. The Morgan fingerprint density at radius 1 is 1.39 bits per heavy atom. The third-order valence-electron chi connectivity index (χ3n) is 5.49. The van der Waals surface area contributed by atoms with Crippen molar-refractivity contribution in [3.63, 3.8) is 0 Å². The molecule has 1 aromatic heterocycles. The monoisotopic (exact) mass is 472 g/mol. The molecule has 0 aliphatic carbocycles. The Bertz CT molecular complexity index is 1040. The SMILES string of the molecule is CO/C(N)=C/C(=NC1c2ccc(F)cc2OCC1N1CCOC(C)C1)n1nc(C(F)(F)F)[nH]1. The molecule has 0 radical (unpaired) electrons. The molecule has 0 spiro atoms. The number of alkyl halides is 3. The van der Waals surface area contributed by atoms with Crippen molar-refractivity contribution in [2.45, 2.75) is 31.3 Å². The normalized spacial score (nSPS) is 25.0. The molecule has 3 atom stereocenters. The molecule has 4 rings (SSSR count). The van der Waals surface area contributed by atoms with Crippen molar-refractivity contribution in [1.82, 2.24) is 19.9 Å². The van der Waals surface area contributed by atoms with Crippen molar-refractivity contribution in [1.29, 1.82) is 0 Å². The maximum atomic E-state index is 13.8. The molecule has 33 heavy (non-hydrogen) atoms. The number of morpholine rings is 1. The number of halogens is 4. The third kappa shape index (κ3) is 4.98. The van der Waals surface area contributed by atoms with E-state index in [9.17, 15) is 17.6 Å². The number of aliphatic imine (C=N–C) groups is 1. The van der Waals surface area contributed by atoms with Crippen LogP contribution in [0.1, 0.15) is 24.4 Å². The number of methoxy groups -OCH3 is 1. The molecule has 2 aliphatic rings. The minimum atomic E-state index is -4.63. The van der Waals surface area contributed by atoms with E-state index >= 15 is 0 Å². The number of hydrogen-bond acceptors (Lipinski definition) is 7. The molecule has 2 aliphatic heterocycles. The maximum Gasteiger partial charge on any atom is 0.452 e. The van der Waals surface area contributed by atoms with Gasteiger partial charge in [-0.3, -0.25) is 15.0 Å². The van der Waals surface area contributed by atoms with Crippen LogP contribution in [0.2, 0.25) is 0 Å². The van der Waals surface area contributed by atoms with Crippen molar-refractivity contribution in [2.75, 3.05) is 33.4 Å². The predicted octanol–water partition coefficient (Wildman–Crippen LogP) is 2.29. The Kier molecular flexibility index (Phi) is 6.34. The molecular formula is C20H24F4N6O3. The lowest BCUT2D eigenvalue weighted by Crippen LogP contribution is -2.52. The van der Waals surface area contributed by atoms with Gasteiger partial charge in [-0.15, -0.1) is 5.10 Å². The van der Waals surface area contributed by atoms with Gasteiger partial charge in [0.1, 0.15) is 18.2 Å². The van der Waals surface area contributed by atoms with Gasteiger partial charge in [0.05, 0.1) is 31.9 Å². The Balaban J connectivity index is 1.77. The van der Waals surface area contributed by atoms with Crippen molar-refractivity contribution in [3.8, 4) is 5.75 Å². The first-order valence-electron chi connectivity index (χ1n) is 10.2. The van der Waals surface area contributed by atoms with Gasteiger partial charge < -0.3 is 19.9 Å². The number of H-pyrrole nitrogens is 1. The summed E-state index contributed by atoms with van der Waals surface area (Å²) in [5.41, 5.74) is 6.35. The van der Waals surface area contributed by atoms with Gasteiger partial charge in [-0.05, 0) is 13.0 Å². The topological polar surface area (TPSA) is 103 Å². The number of benzene rings is 1. The van der Waals surface area contributed by atoms with Crippen LogP contribution in [0, 0.1) is 5.82 Å². The Labute approximate surface area is 186 Å². The molecule has 0 amide bonds. The number of hydrogen-bond donors (Lipinski definition) is 2. The lowest BCUT2D eigenvalue weighted by atomic mass is 9.94. The van der Waals surface area contributed by atoms with Crippen LogP contribution >= 0.6 is 0 Å². The molecule has 0 saturated carbocycles. The molecule has 2 aromatic rings. The molecule has 1 fully saturated rings. The summed E-state index contributed by atoms with van der Waals surface area (Å²) in [5.74, 6) is -1.39. The van der Waals surface area contributed by atoms with Gasteiger partial charge >= 0.3 is 6.18 Å². The molecule has 9 nitrogen and oxygen atoms in total. The van der Waals surface area contributed by atoms with E-state index in [4.69, 9.17) is 24.9 Å². The number of nitrogens with one attached hydrogen (secondary N) is 1. The quantitative estimate of drug-likeness (QED) is 0.306. The Morgan fingerprint density at radius 3 is 2.82 bits per heavy atom. The number of ether oxygens (including phenoxy) is 3. The number of aromatic amines is 1. The van der Waals surface area contributed by atoms with E-state index in [1.807, 2.05) is 6.92 Å².